The van der Waals surface area contributed by atoms with Crippen molar-refractivity contribution >= 4 is 0 Å². The second-order valence-corrected chi connectivity index (χ2v) is 5.32. The summed E-state index contributed by atoms with van der Waals surface area (Å²) in [6.07, 6.45) is 1.02. The summed E-state index contributed by atoms with van der Waals surface area (Å²) in [6, 6.07) is 12.9. The van der Waals surface area contributed by atoms with E-state index in [1.54, 1.807) is 0 Å². The molecule has 19 heavy (non-hydrogen) atoms. The number of nitrogens with two attached hydrogens (primary N) is 1. The van der Waals surface area contributed by atoms with Crippen molar-refractivity contribution in [2.24, 2.45) is 5.73 Å². The molecule has 0 aliphatic carbocycles. The normalized spacial score (nSPS) is 12.5. The van der Waals surface area contributed by atoms with Crippen molar-refractivity contribution in [3.63, 3.8) is 0 Å². The number of aryl methyl sites for hydroxylation is 4. The van der Waals surface area contributed by atoms with Crippen LogP contribution in [0.5, 0.6) is 0 Å². The molecule has 100 valence electrons. The van der Waals surface area contributed by atoms with Crippen LogP contribution in [0.1, 0.15) is 46.3 Å². The zero-order chi connectivity index (χ0) is 14.0. The summed E-state index contributed by atoms with van der Waals surface area (Å²) in [5.41, 5.74) is 14.3. The molecule has 1 unspecified atom stereocenters. The minimum absolute atomic E-state index is 0.0320. The molecule has 1 heteroatoms. The van der Waals surface area contributed by atoms with E-state index < -0.39 is 0 Å². The maximum atomic E-state index is 6.51. The van der Waals surface area contributed by atoms with Gasteiger partial charge in [-0.2, -0.15) is 0 Å². The molecule has 0 aliphatic heterocycles. The molecule has 0 saturated heterocycles. The topological polar surface area (TPSA) is 26.0 Å². The molecule has 0 saturated carbocycles. The lowest BCUT2D eigenvalue weighted by Gasteiger charge is -2.19. The van der Waals surface area contributed by atoms with Gasteiger partial charge >= 0.3 is 0 Å². The minimum Gasteiger partial charge on any atom is -0.320 e. The highest BCUT2D eigenvalue weighted by atomic mass is 14.6. The van der Waals surface area contributed by atoms with Crippen LogP contribution in [-0.4, -0.2) is 0 Å². The lowest BCUT2D eigenvalue weighted by atomic mass is 9.89. The summed E-state index contributed by atoms with van der Waals surface area (Å²) in [4.78, 5) is 0. The SMILES string of the molecule is CCc1ccccc1C(N)c1cc(C)c(C)cc1C. The molecule has 0 spiro atoms. The van der Waals surface area contributed by atoms with Crippen molar-refractivity contribution in [1.29, 1.82) is 0 Å². The molecular formula is C18H23N. The van der Waals surface area contributed by atoms with E-state index in [0.29, 0.717) is 0 Å². The van der Waals surface area contributed by atoms with Gasteiger partial charge in [-0.3, -0.25) is 0 Å². The van der Waals surface area contributed by atoms with E-state index in [9.17, 15) is 0 Å². The van der Waals surface area contributed by atoms with Gasteiger partial charge in [-0.25, -0.2) is 0 Å². The van der Waals surface area contributed by atoms with Crippen LogP contribution >= 0.6 is 0 Å². The third-order valence-corrected chi connectivity index (χ3v) is 3.99. The molecular weight excluding hydrogens is 230 g/mol. The van der Waals surface area contributed by atoms with Gasteiger partial charge in [0.2, 0.25) is 0 Å². The fourth-order valence-corrected chi connectivity index (χ4v) is 2.65. The first-order valence-corrected chi connectivity index (χ1v) is 6.95. The first kappa shape index (κ1) is 13.8. The summed E-state index contributed by atoms with van der Waals surface area (Å²) in [5, 5.41) is 0. The van der Waals surface area contributed by atoms with Crippen LogP contribution in [-0.2, 0) is 6.42 Å². The maximum Gasteiger partial charge on any atom is 0.0557 e. The molecule has 0 amide bonds. The Morgan fingerprint density at radius 3 is 2.21 bits per heavy atom. The van der Waals surface area contributed by atoms with Crippen molar-refractivity contribution < 1.29 is 0 Å². The molecule has 0 heterocycles. The molecule has 2 aromatic rings. The zero-order valence-corrected chi connectivity index (χ0v) is 12.3. The van der Waals surface area contributed by atoms with Crippen molar-refractivity contribution in [3.8, 4) is 0 Å². The van der Waals surface area contributed by atoms with Crippen LogP contribution in [0.4, 0.5) is 0 Å². The number of benzene rings is 2. The van der Waals surface area contributed by atoms with Crippen LogP contribution in [0.15, 0.2) is 36.4 Å². The smallest absolute Gasteiger partial charge is 0.0557 e. The van der Waals surface area contributed by atoms with Gasteiger partial charge in [0.05, 0.1) is 6.04 Å². The highest BCUT2D eigenvalue weighted by Gasteiger charge is 2.15. The second kappa shape index (κ2) is 5.58. The Morgan fingerprint density at radius 1 is 0.895 bits per heavy atom. The highest BCUT2D eigenvalue weighted by Crippen LogP contribution is 2.27. The fourth-order valence-electron chi connectivity index (χ4n) is 2.65. The number of hydrogen-bond acceptors (Lipinski definition) is 1. The molecule has 2 aromatic carbocycles. The average molecular weight is 253 g/mol. The van der Waals surface area contributed by atoms with Crippen LogP contribution in [0.25, 0.3) is 0 Å². The first-order valence-electron chi connectivity index (χ1n) is 6.95. The quantitative estimate of drug-likeness (QED) is 0.870. The first-order chi connectivity index (χ1) is 9.04. The van der Waals surface area contributed by atoms with E-state index in [0.717, 1.165) is 6.42 Å². The summed E-state index contributed by atoms with van der Waals surface area (Å²) in [5.74, 6) is 0. The predicted molar refractivity (Wildman–Crippen MR) is 82.5 cm³/mol. The van der Waals surface area contributed by atoms with E-state index in [1.165, 1.54) is 33.4 Å². The Hall–Kier alpha value is -1.60. The molecule has 0 bridgehead atoms. The molecule has 2 N–H and O–H groups in total. The van der Waals surface area contributed by atoms with Gasteiger partial charge < -0.3 is 5.73 Å². The fraction of sp³-hybridized carbons (Fsp3) is 0.333. The zero-order valence-electron chi connectivity index (χ0n) is 12.3. The van der Waals surface area contributed by atoms with E-state index in [-0.39, 0.29) is 6.04 Å². The van der Waals surface area contributed by atoms with E-state index in [1.807, 2.05) is 0 Å². The number of rotatable bonds is 3. The molecule has 1 atom stereocenters. The summed E-state index contributed by atoms with van der Waals surface area (Å²) < 4.78 is 0. The largest absolute Gasteiger partial charge is 0.320 e. The Morgan fingerprint density at radius 2 is 1.53 bits per heavy atom. The van der Waals surface area contributed by atoms with Crippen LogP contribution in [0.3, 0.4) is 0 Å². The second-order valence-electron chi connectivity index (χ2n) is 5.32. The lowest BCUT2D eigenvalue weighted by molar-refractivity contribution is 0.838. The van der Waals surface area contributed by atoms with Gasteiger partial charge in [-0.15, -0.1) is 0 Å². The monoisotopic (exact) mass is 253 g/mol. The van der Waals surface area contributed by atoms with Crippen molar-refractivity contribution in [1.82, 2.24) is 0 Å². The summed E-state index contributed by atoms with van der Waals surface area (Å²) >= 11 is 0. The summed E-state index contributed by atoms with van der Waals surface area (Å²) in [7, 11) is 0. The Kier molecular flexibility index (Phi) is 4.06. The average Bonchev–Trinajstić information content (AvgIpc) is 2.42. The van der Waals surface area contributed by atoms with Crippen LogP contribution in [0.2, 0.25) is 0 Å². The Bertz CT molecular complexity index is 584. The Labute approximate surface area is 116 Å². The van der Waals surface area contributed by atoms with Crippen molar-refractivity contribution in [2.75, 3.05) is 0 Å². The highest BCUT2D eigenvalue weighted by molar-refractivity contribution is 5.44. The van der Waals surface area contributed by atoms with Crippen LogP contribution in [0, 0.1) is 20.8 Å². The van der Waals surface area contributed by atoms with Crippen LogP contribution < -0.4 is 5.73 Å². The Balaban J connectivity index is 2.50. The molecule has 1 nitrogen and oxygen atoms in total. The molecule has 0 aliphatic rings. The molecule has 2 rings (SSSR count). The van der Waals surface area contributed by atoms with Crippen molar-refractivity contribution in [3.05, 3.63) is 69.8 Å². The molecule has 0 radical (unpaired) electrons. The maximum absolute atomic E-state index is 6.51. The van der Waals surface area contributed by atoms with E-state index in [4.69, 9.17) is 5.73 Å². The van der Waals surface area contributed by atoms with Gasteiger partial charge in [-0.05, 0) is 60.6 Å². The molecule has 0 aromatic heterocycles. The van der Waals surface area contributed by atoms with E-state index in [2.05, 4.69) is 64.1 Å². The van der Waals surface area contributed by atoms with Gasteiger partial charge in [-0.1, -0.05) is 43.3 Å². The van der Waals surface area contributed by atoms with Gasteiger partial charge in [0.1, 0.15) is 0 Å². The van der Waals surface area contributed by atoms with Crippen molar-refractivity contribution in [2.45, 2.75) is 40.2 Å². The standard InChI is InChI=1S/C18H23N/c1-5-15-8-6-7-9-16(15)18(19)17-11-13(3)12(2)10-14(17)4/h6-11,18H,5,19H2,1-4H3. The third-order valence-electron chi connectivity index (χ3n) is 3.99. The third kappa shape index (κ3) is 2.71. The van der Waals surface area contributed by atoms with Gasteiger partial charge in [0, 0.05) is 0 Å². The molecule has 0 fully saturated rings. The number of hydrogen-bond donors (Lipinski definition) is 1. The lowest BCUT2D eigenvalue weighted by Crippen LogP contribution is -2.15. The summed E-state index contributed by atoms with van der Waals surface area (Å²) in [6.45, 7) is 8.63. The minimum atomic E-state index is -0.0320. The van der Waals surface area contributed by atoms with Gasteiger partial charge in [0.15, 0.2) is 0 Å². The van der Waals surface area contributed by atoms with Gasteiger partial charge in [0.25, 0.3) is 0 Å². The van der Waals surface area contributed by atoms with E-state index >= 15 is 0 Å². The predicted octanol–water partition coefficient (Wildman–Crippen LogP) is 4.22.